The van der Waals surface area contributed by atoms with Crippen molar-refractivity contribution in [2.24, 2.45) is 5.92 Å². The third kappa shape index (κ3) is 4.17. The summed E-state index contributed by atoms with van der Waals surface area (Å²) in [5, 5.41) is 9.51. The maximum absolute atomic E-state index is 8.24. The number of fused-ring (bicyclic) bond motifs is 1. The van der Waals surface area contributed by atoms with Gasteiger partial charge in [-0.05, 0) is 29.9 Å². The van der Waals surface area contributed by atoms with E-state index in [1.807, 2.05) is 18.3 Å². The molecule has 0 aliphatic rings. The van der Waals surface area contributed by atoms with Crippen molar-refractivity contribution in [1.29, 1.82) is 0 Å². The van der Waals surface area contributed by atoms with Crippen molar-refractivity contribution >= 4 is 10.9 Å². The molecule has 0 aliphatic carbocycles. The van der Waals surface area contributed by atoms with Gasteiger partial charge in [0, 0.05) is 18.3 Å². The maximum Gasteiger partial charge on any atom is 0.0453 e. The molecule has 1 heterocycles. The first-order chi connectivity index (χ1) is 7.24. The van der Waals surface area contributed by atoms with Crippen molar-refractivity contribution in [3.63, 3.8) is 0 Å². The summed E-state index contributed by atoms with van der Waals surface area (Å²) in [5.41, 5.74) is 1.21. The predicted octanol–water partition coefficient (Wildman–Crippen LogP) is 3.19. The van der Waals surface area contributed by atoms with E-state index >= 15 is 0 Å². The zero-order valence-corrected chi connectivity index (χ0v) is 9.40. The van der Waals surface area contributed by atoms with Gasteiger partial charge in [0.05, 0.1) is 0 Å². The van der Waals surface area contributed by atoms with Crippen molar-refractivity contribution in [3.8, 4) is 0 Å². The molecule has 15 heavy (non-hydrogen) atoms. The number of aromatic amines is 1. The van der Waals surface area contributed by atoms with E-state index in [1.165, 1.54) is 10.9 Å². The van der Waals surface area contributed by atoms with Gasteiger partial charge in [0.1, 0.15) is 0 Å². The lowest BCUT2D eigenvalue weighted by Gasteiger charge is -1.95. The standard InChI is InChI=1S/C8H7N.C5H12O/c1-2-4-8-7(3-1)5-6-9-8;1-5(2)3-4-6/h1-6,9H;5-6H,3-4H2,1-2H3. The summed E-state index contributed by atoms with van der Waals surface area (Å²) in [4.78, 5) is 3.12. The fourth-order valence-corrected chi connectivity index (χ4v) is 1.25. The predicted molar refractivity (Wildman–Crippen MR) is 64.8 cm³/mol. The van der Waals surface area contributed by atoms with E-state index in [-0.39, 0.29) is 0 Å². The smallest absolute Gasteiger partial charge is 0.0453 e. The Morgan fingerprint density at radius 3 is 2.47 bits per heavy atom. The zero-order valence-electron chi connectivity index (χ0n) is 9.40. The summed E-state index contributed by atoms with van der Waals surface area (Å²) >= 11 is 0. The minimum atomic E-state index is 0.331. The highest BCUT2D eigenvalue weighted by atomic mass is 16.2. The summed E-state index contributed by atoms with van der Waals surface area (Å²) in [6, 6.07) is 10.3. The van der Waals surface area contributed by atoms with Crippen LogP contribution in [0.5, 0.6) is 0 Å². The minimum Gasteiger partial charge on any atom is -0.396 e. The van der Waals surface area contributed by atoms with E-state index in [1.54, 1.807) is 0 Å². The maximum atomic E-state index is 8.24. The Morgan fingerprint density at radius 1 is 1.20 bits per heavy atom. The average Bonchev–Trinajstić information content (AvgIpc) is 2.65. The van der Waals surface area contributed by atoms with E-state index < -0.39 is 0 Å². The van der Waals surface area contributed by atoms with E-state index in [0.717, 1.165) is 6.42 Å². The molecule has 0 unspecified atom stereocenters. The lowest BCUT2D eigenvalue weighted by molar-refractivity contribution is 0.268. The zero-order chi connectivity index (χ0) is 11.1. The molecular weight excluding hydrogens is 186 g/mol. The molecule has 0 saturated heterocycles. The molecule has 2 nitrogen and oxygen atoms in total. The van der Waals surface area contributed by atoms with Gasteiger partial charge in [0.15, 0.2) is 0 Å². The van der Waals surface area contributed by atoms with Crippen LogP contribution in [0.4, 0.5) is 0 Å². The van der Waals surface area contributed by atoms with Gasteiger partial charge in [0.2, 0.25) is 0 Å². The number of aliphatic hydroxyl groups is 1. The van der Waals surface area contributed by atoms with Gasteiger partial charge >= 0.3 is 0 Å². The van der Waals surface area contributed by atoms with Gasteiger partial charge in [-0.25, -0.2) is 0 Å². The number of para-hydroxylation sites is 1. The molecule has 82 valence electrons. The second kappa shape index (κ2) is 6.25. The number of aliphatic hydroxyl groups excluding tert-OH is 1. The van der Waals surface area contributed by atoms with Crippen LogP contribution < -0.4 is 0 Å². The van der Waals surface area contributed by atoms with Crippen molar-refractivity contribution in [2.45, 2.75) is 20.3 Å². The molecule has 2 N–H and O–H groups in total. The van der Waals surface area contributed by atoms with Gasteiger partial charge in [-0.2, -0.15) is 0 Å². The summed E-state index contributed by atoms with van der Waals surface area (Å²) in [7, 11) is 0. The summed E-state index contributed by atoms with van der Waals surface area (Å²) in [5.74, 6) is 0.648. The second-order valence-electron chi connectivity index (χ2n) is 3.97. The van der Waals surface area contributed by atoms with Gasteiger partial charge in [0.25, 0.3) is 0 Å². The summed E-state index contributed by atoms with van der Waals surface area (Å²) in [6.45, 7) is 4.52. The van der Waals surface area contributed by atoms with Crippen LogP contribution in [0, 0.1) is 5.92 Å². The fourth-order valence-electron chi connectivity index (χ4n) is 1.25. The van der Waals surface area contributed by atoms with Crippen molar-refractivity contribution in [2.75, 3.05) is 6.61 Å². The molecule has 1 aromatic heterocycles. The number of H-pyrrole nitrogens is 1. The third-order valence-corrected chi connectivity index (χ3v) is 2.17. The highest BCUT2D eigenvalue weighted by Gasteiger charge is 1.87. The number of hydrogen-bond acceptors (Lipinski definition) is 1. The summed E-state index contributed by atoms with van der Waals surface area (Å²) < 4.78 is 0. The Bertz CT molecular complexity index is 348. The quantitative estimate of drug-likeness (QED) is 0.776. The van der Waals surface area contributed by atoms with Gasteiger partial charge in [-0.15, -0.1) is 0 Å². The third-order valence-electron chi connectivity index (χ3n) is 2.17. The van der Waals surface area contributed by atoms with Crippen LogP contribution in [0.1, 0.15) is 20.3 Å². The number of nitrogens with one attached hydrogen (secondary N) is 1. The van der Waals surface area contributed by atoms with Crippen LogP contribution in [0.2, 0.25) is 0 Å². The molecule has 0 aliphatic heterocycles. The molecule has 0 fully saturated rings. The molecule has 2 heteroatoms. The average molecular weight is 205 g/mol. The molecule has 0 spiro atoms. The molecule has 0 bridgehead atoms. The topological polar surface area (TPSA) is 36.0 Å². The van der Waals surface area contributed by atoms with E-state index in [4.69, 9.17) is 5.11 Å². The van der Waals surface area contributed by atoms with Crippen molar-refractivity contribution in [3.05, 3.63) is 36.5 Å². The van der Waals surface area contributed by atoms with Crippen molar-refractivity contribution in [1.82, 2.24) is 4.98 Å². The van der Waals surface area contributed by atoms with E-state index in [2.05, 4.69) is 37.0 Å². The highest BCUT2D eigenvalue weighted by molar-refractivity contribution is 5.78. The first-order valence-electron chi connectivity index (χ1n) is 5.37. The Labute approximate surface area is 90.9 Å². The van der Waals surface area contributed by atoms with E-state index in [0.29, 0.717) is 12.5 Å². The van der Waals surface area contributed by atoms with Crippen LogP contribution in [0.15, 0.2) is 36.5 Å². The van der Waals surface area contributed by atoms with Gasteiger partial charge < -0.3 is 10.1 Å². The largest absolute Gasteiger partial charge is 0.396 e. The Kier molecular flexibility index (Phi) is 4.91. The van der Waals surface area contributed by atoms with Crippen LogP contribution in [-0.2, 0) is 0 Å². The Hall–Kier alpha value is -1.28. The molecule has 2 aromatic rings. The molecular formula is C13H19NO. The monoisotopic (exact) mass is 205 g/mol. The number of rotatable bonds is 2. The van der Waals surface area contributed by atoms with Crippen LogP contribution >= 0.6 is 0 Å². The van der Waals surface area contributed by atoms with E-state index in [9.17, 15) is 0 Å². The first kappa shape index (κ1) is 11.8. The normalized spacial score (nSPS) is 10.1. The van der Waals surface area contributed by atoms with Gasteiger partial charge in [-0.1, -0.05) is 32.0 Å². The number of benzene rings is 1. The summed E-state index contributed by atoms with van der Waals surface area (Å²) in [6.07, 6.45) is 2.88. The lowest BCUT2D eigenvalue weighted by Crippen LogP contribution is -1.89. The minimum absolute atomic E-state index is 0.331. The molecule has 0 atom stereocenters. The second-order valence-corrected chi connectivity index (χ2v) is 3.97. The first-order valence-corrected chi connectivity index (χ1v) is 5.37. The van der Waals surface area contributed by atoms with Crippen LogP contribution in [-0.4, -0.2) is 16.7 Å². The molecule has 0 amide bonds. The molecule has 0 saturated carbocycles. The van der Waals surface area contributed by atoms with Crippen LogP contribution in [0.3, 0.4) is 0 Å². The molecule has 1 aromatic carbocycles. The number of aromatic nitrogens is 1. The Balaban J connectivity index is 0.000000167. The highest BCUT2D eigenvalue weighted by Crippen LogP contribution is 2.09. The molecule has 0 radical (unpaired) electrons. The Morgan fingerprint density at radius 2 is 1.93 bits per heavy atom. The van der Waals surface area contributed by atoms with Crippen molar-refractivity contribution < 1.29 is 5.11 Å². The fraction of sp³-hybridized carbons (Fsp3) is 0.385. The van der Waals surface area contributed by atoms with Crippen LogP contribution in [0.25, 0.3) is 10.9 Å². The number of hydrogen-bond donors (Lipinski definition) is 2. The van der Waals surface area contributed by atoms with Gasteiger partial charge in [-0.3, -0.25) is 0 Å². The lowest BCUT2D eigenvalue weighted by atomic mass is 10.2. The molecule has 2 rings (SSSR count). The SMILES string of the molecule is CC(C)CCO.c1ccc2[nH]ccc2c1.